The Morgan fingerprint density at radius 1 is 1.67 bits per heavy atom. The average molecular weight is 199 g/mol. The van der Waals surface area contributed by atoms with Crippen LogP contribution in [-0.4, -0.2) is 12.8 Å². The molecule has 1 heterocycles. The maximum absolute atomic E-state index is 5.75. The molecule has 1 aliphatic carbocycles. The normalized spacial score (nSPS) is 19.5. The predicted octanol–water partition coefficient (Wildman–Crippen LogP) is 2.46. The Morgan fingerprint density at radius 3 is 2.83 bits per heavy atom. The molecule has 0 atom stereocenters. The van der Waals surface area contributed by atoms with Crippen molar-refractivity contribution in [3.8, 4) is 0 Å². The van der Waals surface area contributed by atoms with Gasteiger partial charge >= 0.3 is 0 Å². The third-order valence-corrected chi connectivity index (χ3v) is 4.61. The van der Waals surface area contributed by atoms with Crippen LogP contribution in [0, 0.1) is 0 Å². The molecule has 1 fully saturated rings. The first kappa shape index (κ1) is 8.60. The van der Waals surface area contributed by atoms with Gasteiger partial charge < -0.3 is 5.73 Å². The summed E-state index contributed by atoms with van der Waals surface area (Å²) in [6.07, 6.45) is 4.70. The first-order valence-corrected chi connectivity index (χ1v) is 6.24. The first-order valence-electron chi connectivity index (χ1n) is 4.14. The Balaban J connectivity index is 2.23. The molecule has 1 aromatic heterocycles. The Morgan fingerprint density at radius 2 is 2.42 bits per heavy atom. The summed E-state index contributed by atoms with van der Waals surface area (Å²) in [7, 11) is 0. The zero-order chi connectivity index (χ0) is 8.60. The summed E-state index contributed by atoms with van der Waals surface area (Å²) in [6.45, 7) is 0.821. The minimum absolute atomic E-state index is 0.388. The van der Waals surface area contributed by atoms with Crippen LogP contribution < -0.4 is 5.73 Å². The lowest BCUT2D eigenvalue weighted by molar-refractivity contribution is 0.719. The van der Waals surface area contributed by atoms with E-state index in [0.29, 0.717) is 5.41 Å². The van der Waals surface area contributed by atoms with Gasteiger partial charge in [0.2, 0.25) is 0 Å². The number of hydrogen-bond donors (Lipinski definition) is 1. The van der Waals surface area contributed by atoms with E-state index in [2.05, 4.69) is 17.7 Å². The maximum atomic E-state index is 5.75. The lowest BCUT2D eigenvalue weighted by Crippen LogP contribution is -2.18. The summed E-state index contributed by atoms with van der Waals surface area (Å²) >= 11 is 3.68. The molecule has 1 nitrogen and oxygen atoms in total. The second kappa shape index (κ2) is 3.05. The molecule has 0 spiro atoms. The van der Waals surface area contributed by atoms with Crippen LogP contribution in [0.1, 0.15) is 17.7 Å². The summed E-state index contributed by atoms with van der Waals surface area (Å²) in [6, 6.07) is 2.30. The van der Waals surface area contributed by atoms with Gasteiger partial charge in [-0.25, -0.2) is 0 Å². The SMILES string of the molecule is CSc1csc(C2(CN)CC2)c1. The van der Waals surface area contributed by atoms with Crippen molar-refractivity contribution < 1.29 is 0 Å². The monoisotopic (exact) mass is 199 g/mol. The van der Waals surface area contributed by atoms with Gasteiger partial charge in [0.05, 0.1) is 0 Å². The van der Waals surface area contributed by atoms with Crippen LogP contribution in [0.25, 0.3) is 0 Å². The van der Waals surface area contributed by atoms with E-state index in [1.165, 1.54) is 22.6 Å². The Labute approximate surface area is 81.4 Å². The molecular weight excluding hydrogens is 186 g/mol. The van der Waals surface area contributed by atoms with Gasteiger partial charge in [0.15, 0.2) is 0 Å². The zero-order valence-corrected chi connectivity index (χ0v) is 8.80. The number of hydrogen-bond acceptors (Lipinski definition) is 3. The van der Waals surface area contributed by atoms with Crippen molar-refractivity contribution in [1.29, 1.82) is 0 Å². The zero-order valence-electron chi connectivity index (χ0n) is 7.17. The third kappa shape index (κ3) is 1.30. The van der Waals surface area contributed by atoms with Crippen LogP contribution >= 0.6 is 23.1 Å². The van der Waals surface area contributed by atoms with Crippen LogP contribution in [-0.2, 0) is 5.41 Å². The smallest absolute Gasteiger partial charge is 0.0179 e. The van der Waals surface area contributed by atoms with Gasteiger partial charge in [-0.3, -0.25) is 0 Å². The molecule has 1 aliphatic rings. The highest BCUT2D eigenvalue weighted by atomic mass is 32.2. The summed E-state index contributed by atoms with van der Waals surface area (Å²) in [5.41, 5.74) is 6.14. The summed E-state index contributed by atoms with van der Waals surface area (Å²) < 4.78 is 0. The van der Waals surface area contributed by atoms with E-state index in [1.54, 1.807) is 0 Å². The van der Waals surface area contributed by atoms with Gasteiger partial charge in [0, 0.05) is 27.1 Å². The van der Waals surface area contributed by atoms with Crippen LogP contribution in [0.5, 0.6) is 0 Å². The van der Waals surface area contributed by atoms with Crippen molar-refractivity contribution >= 4 is 23.1 Å². The van der Waals surface area contributed by atoms with Gasteiger partial charge in [-0.1, -0.05) is 0 Å². The Kier molecular flexibility index (Phi) is 2.19. The maximum Gasteiger partial charge on any atom is 0.0179 e. The minimum atomic E-state index is 0.388. The molecule has 3 heteroatoms. The lowest BCUT2D eigenvalue weighted by Gasteiger charge is -2.07. The predicted molar refractivity (Wildman–Crippen MR) is 56.1 cm³/mol. The molecule has 2 N–H and O–H groups in total. The topological polar surface area (TPSA) is 26.0 Å². The van der Waals surface area contributed by atoms with E-state index >= 15 is 0 Å². The van der Waals surface area contributed by atoms with Crippen LogP contribution in [0.4, 0.5) is 0 Å². The van der Waals surface area contributed by atoms with Crippen molar-refractivity contribution in [2.45, 2.75) is 23.2 Å². The van der Waals surface area contributed by atoms with Crippen molar-refractivity contribution in [3.63, 3.8) is 0 Å². The lowest BCUT2D eigenvalue weighted by atomic mass is 10.1. The highest BCUT2D eigenvalue weighted by Crippen LogP contribution is 2.50. The van der Waals surface area contributed by atoms with E-state index < -0.39 is 0 Å². The van der Waals surface area contributed by atoms with E-state index in [1.807, 2.05) is 23.1 Å². The molecule has 0 bridgehead atoms. The van der Waals surface area contributed by atoms with Crippen LogP contribution in [0.3, 0.4) is 0 Å². The van der Waals surface area contributed by atoms with Gasteiger partial charge in [0.25, 0.3) is 0 Å². The van der Waals surface area contributed by atoms with Gasteiger partial charge in [0.1, 0.15) is 0 Å². The van der Waals surface area contributed by atoms with Gasteiger partial charge in [-0.15, -0.1) is 23.1 Å². The largest absolute Gasteiger partial charge is 0.330 e. The molecular formula is C9H13NS2. The van der Waals surface area contributed by atoms with E-state index in [-0.39, 0.29) is 0 Å². The van der Waals surface area contributed by atoms with Gasteiger partial charge in [-0.05, 0) is 25.2 Å². The average Bonchev–Trinajstić information content (AvgIpc) is 2.77. The molecule has 1 saturated carbocycles. The van der Waals surface area contributed by atoms with Crippen molar-refractivity contribution in [1.82, 2.24) is 0 Å². The molecule has 0 aliphatic heterocycles. The van der Waals surface area contributed by atoms with Crippen LogP contribution in [0.15, 0.2) is 16.3 Å². The Bertz CT molecular complexity index is 276. The number of nitrogens with two attached hydrogens (primary N) is 1. The number of thiophene rings is 1. The van der Waals surface area contributed by atoms with Crippen LogP contribution in [0.2, 0.25) is 0 Å². The van der Waals surface area contributed by atoms with E-state index in [9.17, 15) is 0 Å². The summed E-state index contributed by atoms with van der Waals surface area (Å²) in [4.78, 5) is 2.88. The molecule has 66 valence electrons. The molecule has 0 unspecified atom stereocenters. The fourth-order valence-electron chi connectivity index (χ4n) is 1.41. The standard InChI is InChI=1S/C9H13NS2/c1-11-7-4-8(12-5-7)9(6-10)2-3-9/h4-5H,2-3,6,10H2,1H3. The third-order valence-electron chi connectivity index (χ3n) is 2.58. The van der Waals surface area contributed by atoms with Crippen molar-refractivity contribution in [2.75, 3.05) is 12.8 Å². The fourth-order valence-corrected chi connectivity index (χ4v) is 3.29. The highest BCUT2D eigenvalue weighted by molar-refractivity contribution is 7.98. The fraction of sp³-hybridized carbons (Fsp3) is 0.556. The quantitative estimate of drug-likeness (QED) is 0.757. The van der Waals surface area contributed by atoms with Crippen molar-refractivity contribution in [2.24, 2.45) is 5.73 Å². The Hall–Kier alpha value is 0.01000. The molecule has 0 saturated heterocycles. The van der Waals surface area contributed by atoms with E-state index in [0.717, 1.165) is 6.54 Å². The van der Waals surface area contributed by atoms with Gasteiger partial charge in [-0.2, -0.15) is 0 Å². The number of rotatable bonds is 3. The second-order valence-electron chi connectivity index (χ2n) is 3.34. The molecule has 0 amide bonds. The molecule has 0 aromatic carbocycles. The summed E-state index contributed by atoms with van der Waals surface area (Å²) in [5, 5.41) is 2.23. The second-order valence-corrected chi connectivity index (χ2v) is 5.13. The molecule has 2 rings (SSSR count). The molecule has 1 aromatic rings. The minimum Gasteiger partial charge on any atom is -0.330 e. The molecule has 12 heavy (non-hydrogen) atoms. The first-order chi connectivity index (χ1) is 5.80. The van der Waals surface area contributed by atoms with Crippen molar-refractivity contribution in [3.05, 3.63) is 16.3 Å². The number of thioether (sulfide) groups is 1. The molecule has 0 radical (unpaired) electrons. The van der Waals surface area contributed by atoms with E-state index in [4.69, 9.17) is 5.73 Å². The summed E-state index contributed by atoms with van der Waals surface area (Å²) in [5.74, 6) is 0. The highest BCUT2D eigenvalue weighted by Gasteiger charge is 2.43.